The molecule has 248 valence electrons. The van der Waals surface area contributed by atoms with Gasteiger partial charge in [-0.3, -0.25) is 4.79 Å². The highest BCUT2D eigenvalue weighted by atomic mass is 19.4. The van der Waals surface area contributed by atoms with E-state index in [1.165, 1.54) is 23.1 Å². The number of carboxylic acids is 1. The van der Waals surface area contributed by atoms with Gasteiger partial charge in [-0.15, -0.1) is 0 Å². The number of anilines is 2. The lowest BCUT2D eigenvalue weighted by molar-refractivity contribution is -0.163. The minimum absolute atomic E-state index is 0.0372. The van der Waals surface area contributed by atoms with Crippen LogP contribution in [0.25, 0.3) is 0 Å². The van der Waals surface area contributed by atoms with Crippen LogP contribution in [0.15, 0.2) is 24.4 Å². The summed E-state index contributed by atoms with van der Waals surface area (Å²) in [5.74, 6) is -2.85. The maximum absolute atomic E-state index is 14.5. The second kappa shape index (κ2) is 10.7. The summed E-state index contributed by atoms with van der Waals surface area (Å²) in [5, 5.41) is 12.9. The summed E-state index contributed by atoms with van der Waals surface area (Å²) in [6.07, 6.45) is -4.54. The SMILES string of the molecule is O=C(NC1(C(=O)O)C2CC3CC(C2)CC1C3)c1cnc(N2CC3(CCOCC3)c3cc(OCC(F)(F)F)ccc32)nc1C(F)(F)F. The third-order valence-electron chi connectivity index (χ3n) is 10.8. The first-order valence-corrected chi connectivity index (χ1v) is 15.4. The second-order valence-electron chi connectivity index (χ2n) is 13.4. The fourth-order valence-corrected chi connectivity index (χ4v) is 8.95. The third kappa shape index (κ3) is 5.14. The first-order valence-electron chi connectivity index (χ1n) is 15.4. The highest BCUT2D eigenvalue weighted by molar-refractivity contribution is 5.99. The number of ether oxygens (including phenoxy) is 2. The number of amides is 1. The average molecular weight is 655 g/mol. The zero-order chi connectivity index (χ0) is 32.6. The van der Waals surface area contributed by atoms with Gasteiger partial charge >= 0.3 is 18.3 Å². The topological polar surface area (TPSA) is 114 Å². The molecule has 5 fully saturated rings. The van der Waals surface area contributed by atoms with E-state index in [0.717, 1.165) is 12.6 Å². The molecule has 1 spiro atoms. The van der Waals surface area contributed by atoms with Crippen LogP contribution >= 0.6 is 0 Å². The molecular formula is C31H32F6N4O5. The quantitative estimate of drug-likeness (QED) is 0.385. The Morgan fingerprint density at radius 1 is 1.02 bits per heavy atom. The summed E-state index contributed by atoms with van der Waals surface area (Å²) in [6.45, 7) is -0.697. The fourth-order valence-electron chi connectivity index (χ4n) is 8.95. The van der Waals surface area contributed by atoms with Crippen molar-refractivity contribution in [3.8, 4) is 5.75 Å². The largest absolute Gasteiger partial charge is 0.484 e. The molecule has 0 atom stereocenters. The van der Waals surface area contributed by atoms with E-state index in [0.29, 0.717) is 74.8 Å². The molecule has 9 nitrogen and oxygen atoms in total. The van der Waals surface area contributed by atoms with Crippen LogP contribution in [-0.4, -0.2) is 65.0 Å². The number of hydrogen-bond acceptors (Lipinski definition) is 7. The highest BCUT2D eigenvalue weighted by Gasteiger charge is 2.62. The molecule has 1 amide bonds. The van der Waals surface area contributed by atoms with Gasteiger partial charge in [-0.2, -0.15) is 26.3 Å². The average Bonchev–Trinajstić information content (AvgIpc) is 3.29. The first kappa shape index (κ1) is 31.0. The number of aromatic nitrogens is 2. The molecule has 0 radical (unpaired) electrons. The first-order chi connectivity index (χ1) is 21.7. The maximum Gasteiger partial charge on any atom is 0.434 e. The van der Waals surface area contributed by atoms with Crippen molar-refractivity contribution in [1.82, 2.24) is 15.3 Å². The van der Waals surface area contributed by atoms with Gasteiger partial charge in [-0.25, -0.2) is 14.8 Å². The molecule has 4 bridgehead atoms. The van der Waals surface area contributed by atoms with Crippen LogP contribution in [0.5, 0.6) is 5.75 Å². The van der Waals surface area contributed by atoms with E-state index in [-0.39, 0.29) is 30.1 Å². The number of nitrogens with zero attached hydrogens (tertiary/aromatic N) is 3. The number of aliphatic carboxylic acids is 1. The van der Waals surface area contributed by atoms with Gasteiger partial charge in [-0.1, -0.05) is 0 Å². The molecule has 1 aromatic heterocycles. The van der Waals surface area contributed by atoms with Gasteiger partial charge in [0.2, 0.25) is 5.95 Å². The molecule has 1 aromatic carbocycles. The molecule has 3 heterocycles. The van der Waals surface area contributed by atoms with Crippen molar-refractivity contribution in [3.05, 3.63) is 41.2 Å². The molecule has 4 aliphatic carbocycles. The molecule has 2 N–H and O–H groups in total. The molecule has 4 saturated carbocycles. The lowest BCUT2D eigenvalue weighted by atomic mass is 9.48. The van der Waals surface area contributed by atoms with Crippen LogP contribution < -0.4 is 15.0 Å². The van der Waals surface area contributed by atoms with Crippen molar-refractivity contribution >= 4 is 23.5 Å². The lowest BCUT2D eigenvalue weighted by Crippen LogP contribution is -2.70. The van der Waals surface area contributed by atoms with E-state index >= 15 is 0 Å². The fraction of sp³-hybridized carbons (Fsp3) is 0.613. The number of fused-ring (bicyclic) bond motifs is 2. The highest BCUT2D eigenvalue weighted by Crippen LogP contribution is 2.58. The third-order valence-corrected chi connectivity index (χ3v) is 10.8. The number of hydrogen-bond donors (Lipinski definition) is 2. The number of alkyl halides is 6. The number of carbonyl (C=O) groups is 2. The van der Waals surface area contributed by atoms with Crippen molar-refractivity contribution in [2.45, 2.75) is 68.3 Å². The molecule has 15 heteroatoms. The van der Waals surface area contributed by atoms with Gasteiger partial charge in [0.15, 0.2) is 12.3 Å². The number of rotatable bonds is 6. The number of carboxylic acid groups (broad SMARTS) is 1. The van der Waals surface area contributed by atoms with Crippen molar-refractivity contribution < 1.29 is 50.5 Å². The summed E-state index contributed by atoms with van der Waals surface area (Å²) in [6, 6.07) is 4.24. The number of nitrogens with one attached hydrogen (secondary N) is 1. The number of benzene rings is 1. The van der Waals surface area contributed by atoms with E-state index in [1.54, 1.807) is 0 Å². The van der Waals surface area contributed by atoms with Crippen molar-refractivity contribution in [2.24, 2.45) is 23.7 Å². The van der Waals surface area contributed by atoms with Crippen LogP contribution in [0.1, 0.15) is 66.6 Å². The Morgan fingerprint density at radius 2 is 1.67 bits per heavy atom. The van der Waals surface area contributed by atoms with Gasteiger partial charge in [0.25, 0.3) is 5.91 Å². The Bertz CT molecular complexity index is 1530. The monoisotopic (exact) mass is 654 g/mol. The summed E-state index contributed by atoms with van der Waals surface area (Å²) in [5.41, 5.74) is -3.72. The van der Waals surface area contributed by atoms with Gasteiger partial charge in [0.05, 0.1) is 5.56 Å². The zero-order valence-corrected chi connectivity index (χ0v) is 24.6. The van der Waals surface area contributed by atoms with Crippen LogP contribution in [0.3, 0.4) is 0 Å². The van der Waals surface area contributed by atoms with E-state index in [9.17, 15) is 41.0 Å². The Kier molecular flexibility index (Phi) is 7.22. The Morgan fingerprint density at radius 3 is 2.26 bits per heavy atom. The van der Waals surface area contributed by atoms with Crippen molar-refractivity contribution in [1.29, 1.82) is 0 Å². The number of halogens is 6. The molecule has 46 heavy (non-hydrogen) atoms. The van der Waals surface area contributed by atoms with Gasteiger partial charge < -0.3 is 24.8 Å². The molecule has 1 saturated heterocycles. The van der Waals surface area contributed by atoms with Crippen LogP contribution in [0, 0.1) is 23.7 Å². The summed E-state index contributed by atoms with van der Waals surface area (Å²) in [7, 11) is 0. The smallest absolute Gasteiger partial charge is 0.434 e. The van der Waals surface area contributed by atoms with Crippen LogP contribution in [0.2, 0.25) is 0 Å². The van der Waals surface area contributed by atoms with E-state index in [1.807, 2.05) is 0 Å². The molecule has 0 unspecified atom stereocenters. The van der Waals surface area contributed by atoms with Gasteiger partial charge in [-0.05, 0) is 92.4 Å². The standard InChI is InChI=1S/C31H32F6N4O5/c32-29(33,34)15-46-20-1-2-23-22(12-20)28(3-5-45-6-4-28)14-41(23)27-38-13-21(24(39-27)31(35,36)37)25(42)40-30(26(43)44)18-8-16-7-17(10-18)11-19(30)9-16/h1-2,12-13,16-19H,3-11,14-15H2,(H,40,42)(H,43,44). The van der Waals surface area contributed by atoms with Crippen molar-refractivity contribution in [2.75, 3.05) is 31.3 Å². The Labute approximate surface area is 259 Å². The van der Waals surface area contributed by atoms with Gasteiger partial charge in [0, 0.05) is 37.1 Å². The normalized spacial score (nSPS) is 29.6. The Hall–Kier alpha value is -3.62. The molecule has 2 aliphatic heterocycles. The minimum Gasteiger partial charge on any atom is -0.484 e. The van der Waals surface area contributed by atoms with E-state index in [2.05, 4.69) is 15.3 Å². The van der Waals surface area contributed by atoms with Crippen molar-refractivity contribution in [3.63, 3.8) is 0 Å². The molecule has 8 rings (SSSR count). The molecule has 2 aromatic rings. The second-order valence-corrected chi connectivity index (χ2v) is 13.4. The van der Waals surface area contributed by atoms with E-state index in [4.69, 9.17) is 9.47 Å². The predicted molar refractivity (Wildman–Crippen MR) is 149 cm³/mol. The maximum atomic E-state index is 14.5. The number of carbonyl (C=O) groups excluding carboxylic acids is 1. The zero-order valence-electron chi connectivity index (χ0n) is 24.6. The molecular weight excluding hydrogens is 622 g/mol. The Balaban J connectivity index is 1.23. The molecule has 6 aliphatic rings. The predicted octanol–water partition coefficient (Wildman–Crippen LogP) is 5.65. The van der Waals surface area contributed by atoms with Crippen LogP contribution in [-0.2, 0) is 21.1 Å². The lowest BCUT2D eigenvalue weighted by Gasteiger charge is -2.59. The summed E-state index contributed by atoms with van der Waals surface area (Å²) < 4.78 is 92.6. The van der Waals surface area contributed by atoms with Crippen LogP contribution in [0.4, 0.5) is 38.0 Å². The summed E-state index contributed by atoms with van der Waals surface area (Å²) >= 11 is 0. The van der Waals surface area contributed by atoms with E-state index < -0.39 is 53.0 Å². The summed E-state index contributed by atoms with van der Waals surface area (Å²) in [4.78, 5) is 35.8. The van der Waals surface area contributed by atoms with Gasteiger partial charge in [0.1, 0.15) is 11.3 Å². The minimum atomic E-state index is -5.08.